The second-order valence-corrected chi connectivity index (χ2v) is 7.19. The average molecular weight is 302 g/mol. The molecule has 0 radical (unpaired) electrons. The Labute approximate surface area is 130 Å². The molecule has 2 nitrogen and oxygen atoms in total. The van der Waals surface area contributed by atoms with Gasteiger partial charge in [0.05, 0.1) is 0 Å². The number of benzene rings is 2. The van der Waals surface area contributed by atoms with E-state index < -0.39 is 0 Å². The monoisotopic (exact) mass is 301 g/mol. The second-order valence-electron chi connectivity index (χ2n) is 6.75. The number of aromatic hydroxyl groups is 1. The zero-order valence-corrected chi connectivity index (χ0v) is 13.3. The smallest absolute Gasteiger partial charge is 0.117 e. The standard InChI is InChI=1S/C18H20ClNO/c1-17(2)11-18(3,12-4-6-13(19)7-5-12)15-9-8-14(21)10-16(15)20-17/h4-10,20-21H,11H2,1-3H3. The first-order valence-corrected chi connectivity index (χ1v) is 7.56. The molecule has 0 bridgehead atoms. The number of nitrogens with one attached hydrogen (secondary N) is 1. The van der Waals surface area contributed by atoms with Crippen molar-refractivity contribution in [1.82, 2.24) is 0 Å². The number of phenolic OH excluding ortho intramolecular Hbond substituents is 1. The fourth-order valence-corrected chi connectivity index (χ4v) is 3.71. The number of anilines is 1. The van der Waals surface area contributed by atoms with Gasteiger partial charge in [-0.05, 0) is 49.6 Å². The third kappa shape index (κ3) is 2.49. The highest BCUT2D eigenvalue weighted by atomic mass is 35.5. The zero-order valence-electron chi connectivity index (χ0n) is 12.6. The molecule has 2 aromatic rings. The number of halogens is 1. The van der Waals surface area contributed by atoms with Crippen LogP contribution in [0.25, 0.3) is 0 Å². The summed E-state index contributed by atoms with van der Waals surface area (Å²) in [6, 6.07) is 13.7. The van der Waals surface area contributed by atoms with Gasteiger partial charge in [0.15, 0.2) is 0 Å². The highest BCUT2D eigenvalue weighted by Crippen LogP contribution is 2.48. The van der Waals surface area contributed by atoms with Gasteiger partial charge in [0, 0.05) is 27.7 Å². The summed E-state index contributed by atoms with van der Waals surface area (Å²) in [6.45, 7) is 6.64. The molecule has 3 rings (SSSR count). The molecule has 1 atom stereocenters. The summed E-state index contributed by atoms with van der Waals surface area (Å²) in [5.41, 5.74) is 3.30. The maximum absolute atomic E-state index is 9.78. The number of hydrogen-bond donors (Lipinski definition) is 2. The van der Waals surface area contributed by atoms with Crippen molar-refractivity contribution in [3.63, 3.8) is 0 Å². The maximum atomic E-state index is 9.78. The molecule has 0 saturated carbocycles. The van der Waals surface area contributed by atoms with E-state index >= 15 is 0 Å². The van der Waals surface area contributed by atoms with E-state index in [-0.39, 0.29) is 16.7 Å². The molecule has 0 spiro atoms. The van der Waals surface area contributed by atoms with Crippen molar-refractivity contribution in [1.29, 1.82) is 0 Å². The van der Waals surface area contributed by atoms with Crippen molar-refractivity contribution in [3.05, 3.63) is 58.6 Å². The van der Waals surface area contributed by atoms with Gasteiger partial charge in [-0.15, -0.1) is 0 Å². The molecule has 0 amide bonds. The fourth-order valence-electron chi connectivity index (χ4n) is 3.58. The molecule has 0 saturated heterocycles. The first kappa shape index (κ1) is 14.3. The van der Waals surface area contributed by atoms with E-state index in [0.717, 1.165) is 17.1 Å². The van der Waals surface area contributed by atoms with E-state index in [1.54, 1.807) is 6.07 Å². The maximum Gasteiger partial charge on any atom is 0.117 e. The van der Waals surface area contributed by atoms with Crippen LogP contribution in [0.5, 0.6) is 5.75 Å². The minimum Gasteiger partial charge on any atom is -0.508 e. The number of fused-ring (bicyclic) bond motifs is 1. The van der Waals surface area contributed by atoms with E-state index in [1.165, 1.54) is 11.1 Å². The van der Waals surface area contributed by atoms with Crippen LogP contribution in [0.15, 0.2) is 42.5 Å². The van der Waals surface area contributed by atoms with Crippen molar-refractivity contribution in [2.24, 2.45) is 0 Å². The third-order valence-corrected chi connectivity index (χ3v) is 4.60. The molecule has 0 aromatic heterocycles. The summed E-state index contributed by atoms with van der Waals surface area (Å²) in [5.74, 6) is 0.289. The quantitative estimate of drug-likeness (QED) is 0.781. The van der Waals surface area contributed by atoms with Crippen molar-refractivity contribution in [3.8, 4) is 5.75 Å². The Balaban J connectivity index is 2.19. The first-order chi connectivity index (χ1) is 9.80. The van der Waals surface area contributed by atoms with E-state index in [2.05, 4.69) is 38.2 Å². The lowest BCUT2D eigenvalue weighted by atomic mass is 9.66. The average Bonchev–Trinajstić information content (AvgIpc) is 2.37. The summed E-state index contributed by atoms with van der Waals surface area (Å²) in [4.78, 5) is 0. The summed E-state index contributed by atoms with van der Waals surface area (Å²) >= 11 is 6.03. The molecule has 0 fully saturated rings. The molecule has 3 heteroatoms. The van der Waals surface area contributed by atoms with Gasteiger partial charge in [0.1, 0.15) is 5.75 Å². The van der Waals surface area contributed by atoms with Crippen molar-refractivity contribution in [2.45, 2.75) is 38.1 Å². The summed E-state index contributed by atoms with van der Waals surface area (Å²) in [7, 11) is 0. The number of phenols is 1. The Morgan fingerprint density at radius 3 is 2.38 bits per heavy atom. The Kier molecular flexibility index (Phi) is 3.18. The highest BCUT2D eigenvalue weighted by Gasteiger charge is 2.41. The lowest BCUT2D eigenvalue weighted by Gasteiger charge is -2.46. The predicted molar refractivity (Wildman–Crippen MR) is 88.3 cm³/mol. The van der Waals surface area contributed by atoms with Gasteiger partial charge in [0.2, 0.25) is 0 Å². The van der Waals surface area contributed by atoms with Crippen LogP contribution in [-0.4, -0.2) is 10.6 Å². The van der Waals surface area contributed by atoms with Gasteiger partial charge in [-0.1, -0.05) is 36.7 Å². The zero-order chi connectivity index (χ0) is 15.3. The minimum atomic E-state index is -0.109. The van der Waals surface area contributed by atoms with Gasteiger partial charge in [0.25, 0.3) is 0 Å². The SMILES string of the molecule is CC1(C)CC(C)(c2ccc(Cl)cc2)c2ccc(O)cc2N1. The number of rotatable bonds is 1. The molecule has 2 N–H and O–H groups in total. The van der Waals surface area contributed by atoms with E-state index in [1.807, 2.05) is 24.3 Å². The van der Waals surface area contributed by atoms with Gasteiger partial charge >= 0.3 is 0 Å². The summed E-state index contributed by atoms with van der Waals surface area (Å²) in [6.07, 6.45) is 0.972. The van der Waals surface area contributed by atoms with Crippen LogP contribution >= 0.6 is 11.6 Å². The second kappa shape index (κ2) is 4.67. The van der Waals surface area contributed by atoms with Gasteiger partial charge < -0.3 is 10.4 Å². The fraction of sp³-hybridized carbons (Fsp3) is 0.333. The molecule has 1 unspecified atom stereocenters. The Morgan fingerprint density at radius 2 is 1.71 bits per heavy atom. The van der Waals surface area contributed by atoms with Gasteiger partial charge in [-0.3, -0.25) is 0 Å². The normalized spacial score (nSPS) is 23.2. The van der Waals surface area contributed by atoms with Crippen LogP contribution < -0.4 is 5.32 Å². The lowest BCUT2D eigenvalue weighted by molar-refractivity contribution is 0.377. The van der Waals surface area contributed by atoms with Crippen LogP contribution in [0, 0.1) is 0 Å². The van der Waals surface area contributed by atoms with Crippen LogP contribution in [-0.2, 0) is 5.41 Å². The molecule has 1 aliphatic heterocycles. The Bertz CT molecular complexity index is 678. The topological polar surface area (TPSA) is 32.3 Å². The van der Waals surface area contributed by atoms with Crippen molar-refractivity contribution in [2.75, 3.05) is 5.32 Å². The summed E-state index contributed by atoms with van der Waals surface area (Å²) in [5, 5.41) is 14.1. The largest absolute Gasteiger partial charge is 0.508 e. The molecular formula is C18H20ClNO. The predicted octanol–water partition coefficient (Wildman–Crippen LogP) is 4.95. The lowest BCUT2D eigenvalue weighted by Crippen LogP contribution is -2.45. The van der Waals surface area contributed by atoms with Crippen molar-refractivity contribution >= 4 is 17.3 Å². The Morgan fingerprint density at radius 1 is 1.05 bits per heavy atom. The van der Waals surface area contributed by atoms with Gasteiger partial charge in [-0.2, -0.15) is 0 Å². The van der Waals surface area contributed by atoms with E-state index in [4.69, 9.17) is 11.6 Å². The minimum absolute atomic E-state index is 0.0464. The van der Waals surface area contributed by atoms with Crippen molar-refractivity contribution < 1.29 is 5.11 Å². The van der Waals surface area contributed by atoms with Crippen LogP contribution in [0.3, 0.4) is 0 Å². The molecule has 0 aliphatic carbocycles. The molecule has 1 aliphatic rings. The number of hydrogen-bond acceptors (Lipinski definition) is 2. The summed E-state index contributed by atoms with van der Waals surface area (Å²) < 4.78 is 0. The van der Waals surface area contributed by atoms with Crippen LogP contribution in [0.2, 0.25) is 5.02 Å². The molecule has 1 heterocycles. The van der Waals surface area contributed by atoms with Crippen LogP contribution in [0.4, 0.5) is 5.69 Å². The highest BCUT2D eigenvalue weighted by molar-refractivity contribution is 6.30. The third-order valence-electron chi connectivity index (χ3n) is 4.35. The molecule has 110 valence electrons. The van der Waals surface area contributed by atoms with E-state index in [9.17, 15) is 5.11 Å². The first-order valence-electron chi connectivity index (χ1n) is 7.18. The van der Waals surface area contributed by atoms with Crippen LogP contribution in [0.1, 0.15) is 38.3 Å². The Hall–Kier alpha value is -1.67. The van der Waals surface area contributed by atoms with E-state index in [0.29, 0.717) is 0 Å². The molecule has 21 heavy (non-hydrogen) atoms. The molecular weight excluding hydrogens is 282 g/mol. The molecule has 2 aromatic carbocycles. The van der Waals surface area contributed by atoms with Gasteiger partial charge in [-0.25, -0.2) is 0 Å².